The zero-order chi connectivity index (χ0) is 27.5. The van der Waals surface area contributed by atoms with Crippen molar-refractivity contribution >= 4 is 43.1 Å². The Morgan fingerprint density at radius 2 is 1.90 bits per heavy atom. The Labute approximate surface area is 224 Å². The second-order valence-electron chi connectivity index (χ2n) is 10.3. The summed E-state index contributed by atoms with van der Waals surface area (Å²) >= 11 is 0. The minimum Gasteiger partial charge on any atom is -0.490 e. The van der Waals surface area contributed by atoms with Gasteiger partial charge >= 0.3 is 10.2 Å². The van der Waals surface area contributed by atoms with Gasteiger partial charge in [-0.25, -0.2) is 0 Å². The Hall–Kier alpha value is -4.16. The van der Waals surface area contributed by atoms with Crippen LogP contribution in [0.15, 0.2) is 58.5 Å². The minimum atomic E-state index is -4.97. The van der Waals surface area contributed by atoms with Gasteiger partial charge in [0.05, 0.1) is 22.4 Å². The normalized spacial score (nSPS) is 14.5. The molecule has 7 nitrogen and oxygen atoms in total. The quantitative estimate of drug-likeness (QED) is 0.209. The molecule has 6 rings (SSSR count). The number of aromatic nitrogens is 3. The standard InChI is InChI=1S/C30H26FN3O4S/c1-4-18-9-10-22-25(11-18)33-30-28(22)29(35)24-14-27(38-17(2)3)23(13-26(24)34(30)20-7-5-6-8-20)19-12-21(16-32-15-19)39(31,36)37/h1,9-17,20,33H,5-8H2,2-3H3. The fourth-order valence-electron chi connectivity index (χ4n) is 5.71. The second kappa shape index (κ2) is 9.24. The van der Waals surface area contributed by atoms with Gasteiger partial charge in [0, 0.05) is 46.0 Å². The first-order valence-corrected chi connectivity index (χ1v) is 14.2. The fraction of sp³-hybridized carbons (Fsp3) is 0.267. The number of pyridine rings is 2. The molecule has 9 heteroatoms. The minimum absolute atomic E-state index is 0.146. The van der Waals surface area contributed by atoms with Gasteiger partial charge in [-0.2, -0.15) is 8.42 Å². The predicted octanol–water partition coefficient (Wildman–Crippen LogP) is 6.24. The Balaban J connectivity index is 1.75. The van der Waals surface area contributed by atoms with Crippen LogP contribution in [0.4, 0.5) is 3.89 Å². The van der Waals surface area contributed by atoms with E-state index in [2.05, 4.69) is 20.5 Å². The summed E-state index contributed by atoms with van der Waals surface area (Å²) in [6.45, 7) is 3.72. The Kier molecular flexibility index (Phi) is 5.96. The summed E-state index contributed by atoms with van der Waals surface area (Å²) in [7, 11) is -4.97. The van der Waals surface area contributed by atoms with Gasteiger partial charge in [0.15, 0.2) is 5.43 Å². The number of fused-ring (bicyclic) bond motifs is 4. The van der Waals surface area contributed by atoms with Crippen LogP contribution in [0.3, 0.4) is 0 Å². The van der Waals surface area contributed by atoms with Crippen LogP contribution in [0, 0.1) is 12.3 Å². The van der Waals surface area contributed by atoms with Crippen molar-refractivity contribution in [3.63, 3.8) is 0 Å². The summed E-state index contributed by atoms with van der Waals surface area (Å²) in [5, 5.41) is 1.87. The van der Waals surface area contributed by atoms with Crippen LogP contribution >= 0.6 is 0 Å². The summed E-state index contributed by atoms with van der Waals surface area (Å²) < 4.78 is 45.5. The third kappa shape index (κ3) is 4.25. The first-order valence-electron chi connectivity index (χ1n) is 12.9. The molecule has 1 fully saturated rings. The molecule has 0 amide bonds. The molecular weight excluding hydrogens is 517 g/mol. The predicted molar refractivity (Wildman–Crippen MR) is 150 cm³/mol. The zero-order valence-electron chi connectivity index (χ0n) is 21.5. The molecule has 0 aliphatic heterocycles. The van der Waals surface area contributed by atoms with Crippen molar-refractivity contribution in [2.24, 2.45) is 0 Å². The largest absolute Gasteiger partial charge is 0.490 e. The average molecular weight is 544 g/mol. The number of halogens is 1. The summed E-state index contributed by atoms with van der Waals surface area (Å²) in [5.41, 5.74) is 3.63. The molecule has 0 unspecified atom stereocenters. The summed E-state index contributed by atoms with van der Waals surface area (Å²) in [6.07, 6.45) is 11.9. The van der Waals surface area contributed by atoms with Crippen LogP contribution < -0.4 is 10.2 Å². The first-order chi connectivity index (χ1) is 18.7. The van der Waals surface area contributed by atoms with Gasteiger partial charge in [-0.05, 0) is 57.0 Å². The van der Waals surface area contributed by atoms with Crippen molar-refractivity contribution in [3.8, 4) is 29.2 Å². The van der Waals surface area contributed by atoms with E-state index in [0.717, 1.165) is 42.8 Å². The smallest absolute Gasteiger partial charge is 0.333 e. The number of aromatic amines is 1. The summed E-state index contributed by atoms with van der Waals surface area (Å²) in [5.74, 6) is 3.04. The van der Waals surface area contributed by atoms with E-state index >= 15 is 0 Å². The monoisotopic (exact) mass is 543 g/mol. The maximum Gasteiger partial charge on any atom is 0.333 e. The molecule has 0 bridgehead atoms. The number of nitrogens with zero attached hydrogens (tertiary/aromatic N) is 2. The lowest BCUT2D eigenvalue weighted by atomic mass is 10.0. The number of benzene rings is 2. The van der Waals surface area contributed by atoms with Gasteiger partial charge in [0.1, 0.15) is 16.3 Å². The number of terminal acetylenes is 1. The van der Waals surface area contributed by atoms with Crippen molar-refractivity contribution in [2.45, 2.75) is 56.6 Å². The van der Waals surface area contributed by atoms with Crippen molar-refractivity contribution in [2.75, 3.05) is 0 Å². The van der Waals surface area contributed by atoms with Crippen molar-refractivity contribution < 1.29 is 17.0 Å². The Bertz CT molecular complexity index is 2000. The van der Waals surface area contributed by atoms with E-state index in [-0.39, 0.29) is 17.6 Å². The van der Waals surface area contributed by atoms with Gasteiger partial charge in [0.2, 0.25) is 0 Å². The highest BCUT2D eigenvalue weighted by Gasteiger charge is 2.26. The lowest BCUT2D eigenvalue weighted by molar-refractivity contribution is 0.244. The number of ether oxygens (including phenoxy) is 1. The van der Waals surface area contributed by atoms with Crippen LogP contribution in [-0.4, -0.2) is 29.1 Å². The molecule has 0 spiro atoms. The molecule has 3 aromatic heterocycles. The molecule has 0 saturated heterocycles. The SMILES string of the molecule is C#Cc1ccc2c(c1)[nH]c1c2c(=O)c2cc(OC(C)C)c(-c3cncc(S(=O)(=O)F)c3)cc2n1C1CCCC1. The molecule has 39 heavy (non-hydrogen) atoms. The van der Waals surface area contributed by atoms with E-state index < -0.39 is 15.1 Å². The van der Waals surface area contributed by atoms with E-state index in [0.29, 0.717) is 44.4 Å². The summed E-state index contributed by atoms with van der Waals surface area (Å²) in [4.78, 5) is 21.0. The lowest BCUT2D eigenvalue weighted by Crippen LogP contribution is -2.15. The molecule has 0 radical (unpaired) electrons. The van der Waals surface area contributed by atoms with Crippen LogP contribution in [0.25, 0.3) is 44.0 Å². The maximum atomic E-state index is 14.1. The van der Waals surface area contributed by atoms with Crippen LogP contribution in [0.2, 0.25) is 0 Å². The number of hydrogen-bond acceptors (Lipinski definition) is 5. The van der Waals surface area contributed by atoms with Crippen LogP contribution in [-0.2, 0) is 10.2 Å². The van der Waals surface area contributed by atoms with Crippen molar-refractivity contribution in [1.29, 1.82) is 0 Å². The molecule has 1 saturated carbocycles. The average Bonchev–Trinajstić information content (AvgIpc) is 3.56. The number of rotatable bonds is 5. The number of H-pyrrole nitrogens is 1. The lowest BCUT2D eigenvalue weighted by Gasteiger charge is -2.22. The molecule has 2 aromatic carbocycles. The fourth-order valence-corrected chi connectivity index (χ4v) is 6.16. The van der Waals surface area contributed by atoms with Gasteiger partial charge in [-0.1, -0.05) is 24.8 Å². The third-order valence-electron chi connectivity index (χ3n) is 7.37. The van der Waals surface area contributed by atoms with Gasteiger partial charge in [-0.15, -0.1) is 10.3 Å². The van der Waals surface area contributed by atoms with Crippen LogP contribution in [0.1, 0.15) is 51.1 Å². The highest BCUT2D eigenvalue weighted by Crippen LogP contribution is 2.40. The van der Waals surface area contributed by atoms with Crippen LogP contribution in [0.5, 0.6) is 5.75 Å². The molecular formula is C30H26FN3O4S. The molecule has 1 aliphatic carbocycles. The highest BCUT2D eigenvalue weighted by atomic mass is 32.3. The molecule has 3 heterocycles. The van der Waals surface area contributed by atoms with Crippen molar-refractivity contribution in [1.82, 2.24) is 14.5 Å². The van der Waals surface area contributed by atoms with Gasteiger partial charge < -0.3 is 14.3 Å². The topological polar surface area (TPSA) is 94.1 Å². The van der Waals surface area contributed by atoms with E-state index in [4.69, 9.17) is 11.2 Å². The van der Waals surface area contributed by atoms with Crippen molar-refractivity contribution in [3.05, 3.63) is 64.6 Å². The molecule has 5 aromatic rings. The van der Waals surface area contributed by atoms with Gasteiger partial charge in [-0.3, -0.25) is 9.78 Å². The molecule has 0 atom stereocenters. The van der Waals surface area contributed by atoms with E-state index in [1.807, 2.05) is 38.1 Å². The summed E-state index contributed by atoms with van der Waals surface area (Å²) in [6, 6.07) is 10.5. The maximum absolute atomic E-state index is 14.1. The van der Waals surface area contributed by atoms with E-state index in [1.165, 1.54) is 12.3 Å². The third-order valence-corrected chi connectivity index (χ3v) is 8.16. The molecule has 198 valence electrons. The highest BCUT2D eigenvalue weighted by molar-refractivity contribution is 7.86. The molecule has 1 aliphatic rings. The zero-order valence-corrected chi connectivity index (χ0v) is 22.3. The van der Waals surface area contributed by atoms with E-state index in [9.17, 15) is 17.1 Å². The Morgan fingerprint density at radius 1 is 1.13 bits per heavy atom. The Morgan fingerprint density at radius 3 is 2.59 bits per heavy atom. The van der Waals surface area contributed by atoms with Gasteiger partial charge in [0.25, 0.3) is 0 Å². The van der Waals surface area contributed by atoms with E-state index in [1.54, 1.807) is 6.07 Å². The first kappa shape index (κ1) is 25.1. The second-order valence-corrected chi connectivity index (χ2v) is 11.6. The number of hydrogen-bond donors (Lipinski definition) is 1. The molecule has 1 N–H and O–H groups in total. The number of nitrogens with one attached hydrogen (secondary N) is 1.